The van der Waals surface area contributed by atoms with Gasteiger partial charge in [0.15, 0.2) is 0 Å². The minimum Gasteiger partial charge on any atom is -1.00 e. The summed E-state index contributed by atoms with van der Waals surface area (Å²) in [4.78, 5) is 0. The molecule has 0 aliphatic heterocycles. The molecular weight excluding hydrogens is 402 g/mol. The predicted molar refractivity (Wildman–Crippen MR) is 88.1 cm³/mol. The summed E-state index contributed by atoms with van der Waals surface area (Å²) in [6, 6.07) is 27.3. The zero-order valence-corrected chi connectivity index (χ0v) is 17.4. The van der Waals surface area contributed by atoms with Gasteiger partial charge in [-0.1, -0.05) is 49.9 Å². The van der Waals surface area contributed by atoms with Gasteiger partial charge < -0.3 is 24.8 Å². The van der Waals surface area contributed by atoms with Crippen LogP contribution in [0, 0.1) is 0 Å². The SMILES string of the molecule is CCCC[c-]1cccc1.[Cl-].[Cl-].[Zr+4].c1ccc(-[c-]2cccc2)cc1. The Morgan fingerprint density at radius 1 is 0.739 bits per heavy atom. The van der Waals surface area contributed by atoms with Crippen LogP contribution in [0.25, 0.3) is 11.1 Å². The molecule has 0 heterocycles. The van der Waals surface area contributed by atoms with E-state index in [4.69, 9.17) is 0 Å². The maximum absolute atomic E-state index is 2.23. The van der Waals surface area contributed by atoms with E-state index in [9.17, 15) is 0 Å². The molecule has 3 heteroatoms. The predicted octanol–water partition coefficient (Wildman–Crippen LogP) is -0.174. The number of hydrogen-bond donors (Lipinski definition) is 0. The van der Waals surface area contributed by atoms with Gasteiger partial charge in [0.1, 0.15) is 0 Å². The van der Waals surface area contributed by atoms with E-state index < -0.39 is 0 Å². The maximum atomic E-state index is 2.23. The molecule has 3 aromatic rings. The zero-order valence-electron chi connectivity index (χ0n) is 13.4. The molecule has 0 N–H and O–H groups in total. The zero-order chi connectivity index (χ0) is 14.0. The van der Waals surface area contributed by atoms with Crippen molar-refractivity contribution in [2.24, 2.45) is 0 Å². The Labute approximate surface area is 172 Å². The van der Waals surface area contributed by atoms with Crippen molar-refractivity contribution in [3.8, 4) is 11.1 Å². The Morgan fingerprint density at radius 3 is 1.78 bits per heavy atom. The molecular formula is C20H22Cl2Zr. The smallest absolute Gasteiger partial charge is 1.00 e. The minimum atomic E-state index is 0. The van der Waals surface area contributed by atoms with Crippen molar-refractivity contribution in [1.82, 2.24) is 0 Å². The number of halogens is 2. The Bertz CT molecular complexity index is 557. The average molecular weight is 425 g/mol. The summed E-state index contributed by atoms with van der Waals surface area (Å²) in [6.45, 7) is 2.23. The van der Waals surface area contributed by atoms with E-state index >= 15 is 0 Å². The van der Waals surface area contributed by atoms with Crippen LogP contribution in [0.5, 0.6) is 0 Å². The van der Waals surface area contributed by atoms with Crippen molar-refractivity contribution >= 4 is 0 Å². The molecule has 3 rings (SSSR count). The molecule has 0 bridgehead atoms. The second-order valence-electron chi connectivity index (χ2n) is 4.94. The monoisotopic (exact) mass is 422 g/mol. The van der Waals surface area contributed by atoms with Crippen LogP contribution in [-0.4, -0.2) is 0 Å². The van der Waals surface area contributed by atoms with Gasteiger partial charge in [0.2, 0.25) is 0 Å². The normalized spacial score (nSPS) is 8.57. The Balaban J connectivity index is 0. The Kier molecular flexibility index (Phi) is 16.0. The van der Waals surface area contributed by atoms with Crippen molar-refractivity contribution in [2.75, 3.05) is 0 Å². The van der Waals surface area contributed by atoms with Crippen LogP contribution in [0.15, 0.2) is 78.9 Å². The van der Waals surface area contributed by atoms with E-state index in [1.807, 2.05) is 6.07 Å². The van der Waals surface area contributed by atoms with E-state index in [0.29, 0.717) is 0 Å². The third kappa shape index (κ3) is 9.31. The molecule has 0 amide bonds. The van der Waals surface area contributed by atoms with E-state index in [2.05, 4.69) is 79.7 Å². The summed E-state index contributed by atoms with van der Waals surface area (Å²) in [7, 11) is 0. The molecule has 0 saturated carbocycles. The molecule has 0 fully saturated rings. The fraction of sp³-hybridized carbons (Fsp3) is 0.200. The quantitative estimate of drug-likeness (QED) is 0.510. The van der Waals surface area contributed by atoms with Crippen LogP contribution in [0.4, 0.5) is 0 Å². The largest absolute Gasteiger partial charge is 4.00 e. The second-order valence-corrected chi connectivity index (χ2v) is 4.94. The first-order chi connectivity index (χ1) is 9.90. The van der Waals surface area contributed by atoms with Gasteiger partial charge in [-0.3, -0.25) is 0 Å². The fourth-order valence-electron chi connectivity index (χ4n) is 2.16. The Hall–Kier alpha value is -0.617. The number of hydrogen-bond acceptors (Lipinski definition) is 0. The van der Waals surface area contributed by atoms with Crippen LogP contribution in [0.2, 0.25) is 0 Å². The first-order valence-corrected chi connectivity index (χ1v) is 7.38. The van der Waals surface area contributed by atoms with Gasteiger partial charge in [-0.2, -0.15) is 29.8 Å². The number of unbranched alkanes of at least 4 members (excludes halogenated alkanes) is 1. The molecule has 0 aliphatic carbocycles. The second kappa shape index (κ2) is 14.9. The molecule has 120 valence electrons. The van der Waals surface area contributed by atoms with Gasteiger partial charge in [0, 0.05) is 0 Å². The molecule has 0 radical (unpaired) electrons. The summed E-state index contributed by atoms with van der Waals surface area (Å²) >= 11 is 0. The van der Waals surface area contributed by atoms with Crippen LogP contribution in [0.1, 0.15) is 25.3 Å². The van der Waals surface area contributed by atoms with E-state index in [1.165, 1.54) is 36.0 Å². The van der Waals surface area contributed by atoms with Gasteiger partial charge in [-0.25, -0.2) is 12.1 Å². The summed E-state index contributed by atoms with van der Waals surface area (Å²) in [5.41, 5.74) is 4.07. The van der Waals surface area contributed by atoms with Gasteiger partial charge >= 0.3 is 26.2 Å². The van der Waals surface area contributed by atoms with E-state index in [1.54, 1.807) is 0 Å². The summed E-state index contributed by atoms with van der Waals surface area (Å²) in [5.74, 6) is 0. The van der Waals surface area contributed by atoms with Gasteiger partial charge in [0.05, 0.1) is 0 Å². The number of benzene rings is 1. The minimum absolute atomic E-state index is 0. The van der Waals surface area contributed by atoms with Crippen LogP contribution >= 0.6 is 0 Å². The van der Waals surface area contributed by atoms with E-state index in [0.717, 1.165) is 0 Å². The molecule has 0 unspecified atom stereocenters. The maximum Gasteiger partial charge on any atom is 4.00 e. The Morgan fingerprint density at radius 2 is 1.26 bits per heavy atom. The van der Waals surface area contributed by atoms with Crippen LogP contribution in [-0.2, 0) is 32.6 Å². The number of aryl methyl sites for hydroxylation is 1. The summed E-state index contributed by atoms with van der Waals surface area (Å²) in [5, 5.41) is 0. The van der Waals surface area contributed by atoms with Gasteiger partial charge in [-0.05, 0) is 0 Å². The fourth-order valence-corrected chi connectivity index (χ4v) is 2.16. The molecule has 23 heavy (non-hydrogen) atoms. The molecule has 0 aliphatic rings. The third-order valence-corrected chi connectivity index (χ3v) is 3.32. The summed E-state index contributed by atoms with van der Waals surface area (Å²) < 4.78 is 0. The van der Waals surface area contributed by atoms with E-state index in [-0.39, 0.29) is 51.0 Å². The van der Waals surface area contributed by atoms with Crippen molar-refractivity contribution in [3.63, 3.8) is 0 Å². The van der Waals surface area contributed by atoms with Crippen LogP contribution in [0.3, 0.4) is 0 Å². The summed E-state index contributed by atoms with van der Waals surface area (Å²) in [6.07, 6.45) is 3.87. The molecule has 0 saturated heterocycles. The first-order valence-electron chi connectivity index (χ1n) is 7.38. The van der Waals surface area contributed by atoms with Crippen LogP contribution < -0.4 is 24.8 Å². The third-order valence-electron chi connectivity index (χ3n) is 3.32. The molecule has 0 atom stereocenters. The average Bonchev–Trinajstić information content (AvgIpc) is 3.20. The number of rotatable bonds is 4. The molecule has 0 spiro atoms. The first kappa shape index (κ1) is 24.6. The van der Waals surface area contributed by atoms with Crippen molar-refractivity contribution in [1.29, 1.82) is 0 Å². The molecule has 0 aromatic heterocycles. The van der Waals surface area contributed by atoms with Gasteiger partial charge in [0.25, 0.3) is 0 Å². The topological polar surface area (TPSA) is 0 Å². The van der Waals surface area contributed by atoms with Gasteiger partial charge in [-0.15, -0.1) is 29.8 Å². The standard InChI is InChI=1S/C11H9.C9H13.2ClH.Zr/c1-2-6-10(7-3-1)11-8-4-5-9-11;1-2-3-6-9-7-4-5-8-9;;;/h1-9H;4-5,7-8H,2-3,6H2,1H3;2*1H;/q2*-1;;;+4/p-2. The molecule has 3 aromatic carbocycles. The van der Waals surface area contributed by atoms with Crippen molar-refractivity contribution in [3.05, 3.63) is 84.4 Å². The molecule has 0 nitrogen and oxygen atoms in total. The van der Waals surface area contributed by atoms with Crippen molar-refractivity contribution in [2.45, 2.75) is 26.2 Å². The van der Waals surface area contributed by atoms with Crippen molar-refractivity contribution < 1.29 is 51.0 Å².